The van der Waals surface area contributed by atoms with E-state index < -0.39 is 11.4 Å². The molecule has 108 valence electrons. The predicted octanol–water partition coefficient (Wildman–Crippen LogP) is 2.44. The molecule has 1 saturated carbocycles. The Bertz CT molecular complexity index is 512. The van der Waals surface area contributed by atoms with E-state index in [0.717, 1.165) is 24.8 Å². The molecule has 0 bridgehead atoms. The molecule has 0 spiro atoms. The molecule has 1 aromatic rings. The number of ether oxygens (including phenoxy) is 1. The Morgan fingerprint density at radius 1 is 1.40 bits per heavy atom. The smallest absolute Gasteiger partial charge is 0.325 e. The van der Waals surface area contributed by atoms with Gasteiger partial charge in [-0.05, 0) is 37.5 Å². The van der Waals surface area contributed by atoms with Gasteiger partial charge in [0.15, 0.2) is 0 Å². The quantitative estimate of drug-likeness (QED) is 0.849. The molecular formula is C15H18ClNO3. The highest BCUT2D eigenvalue weighted by molar-refractivity contribution is 6.30. The molecule has 1 aromatic carbocycles. The number of esters is 1. The second kappa shape index (κ2) is 6.27. The van der Waals surface area contributed by atoms with Crippen molar-refractivity contribution >= 4 is 23.5 Å². The standard InChI is InChI=1S/C15H18ClNO3/c1-2-20-13(18)10-17-14(19)15(7-4-8-15)11-5-3-6-12(16)9-11/h3,5-6,9H,2,4,7-8,10H2,1H3,(H,17,19). The third-order valence-electron chi connectivity index (χ3n) is 3.72. The second-order valence-electron chi connectivity index (χ2n) is 4.93. The summed E-state index contributed by atoms with van der Waals surface area (Å²) in [5, 5.41) is 3.29. The topological polar surface area (TPSA) is 55.4 Å². The van der Waals surface area contributed by atoms with Crippen LogP contribution >= 0.6 is 11.6 Å². The highest BCUT2D eigenvalue weighted by atomic mass is 35.5. The van der Waals surface area contributed by atoms with Gasteiger partial charge in [-0.2, -0.15) is 0 Å². The van der Waals surface area contributed by atoms with Crippen molar-refractivity contribution in [1.82, 2.24) is 5.32 Å². The number of hydrogen-bond donors (Lipinski definition) is 1. The Labute approximate surface area is 123 Å². The maximum Gasteiger partial charge on any atom is 0.325 e. The Balaban J connectivity index is 2.07. The van der Waals surface area contributed by atoms with Crippen LogP contribution in [0.5, 0.6) is 0 Å². The summed E-state index contributed by atoms with van der Waals surface area (Å²) >= 11 is 6.00. The molecule has 1 aliphatic carbocycles. The summed E-state index contributed by atoms with van der Waals surface area (Å²) in [7, 11) is 0. The van der Waals surface area contributed by atoms with Crippen molar-refractivity contribution in [3.8, 4) is 0 Å². The van der Waals surface area contributed by atoms with Gasteiger partial charge in [0.25, 0.3) is 0 Å². The third-order valence-corrected chi connectivity index (χ3v) is 3.95. The van der Waals surface area contributed by atoms with Crippen molar-refractivity contribution in [2.45, 2.75) is 31.6 Å². The van der Waals surface area contributed by atoms with Gasteiger partial charge in [-0.3, -0.25) is 9.59 Å². The highest BCUT2D eigenvalue weighted by Gasteiger charge is 2.45. The fraction of sp³-hybridized carbons (Fsp3) is 0.467. The SMILES string of the molecule is CCOC(=O)CNC(=O)C1(c2cccc(Cl)c2)CCC1. The molecule has 5 heteroatoms. The third kappa shape index (κ3) is 2.96. The number of carbonyl (C=O) groups excluding carboxylic acids is 2. The van der Waals surface area contributed by atoms with Gasteiger partial charge in [-0.25, -0.2) is 0 Å². The van der Waals surface area contributed by atoms with Crippen LogP contribution in [0.15, 0.2) is 24.3 Å². The molecule has 4 nitrogen and oxygen atoms in total. The lowest BCUT2D eigenvalue weighted by Crippen LogP contribution is -2.50. The summed E-state index contributed by atoms with van der Waals surface area (Å²) in [6.45, 7) is 1.96. The van der Waals surface area contributed by atoms with Crippen molar-refractivity contribution in [1.29, 1.82) is 0 Å². The minimum atomic E-state index is -0.544. The second-order valence-corrected chi connectivity index (χ2v) is 5.37. The summed E-state index contributed by atoms with van der Waals surface area (Å²) in [5.41, 5.74) is 0.370. The average Bonchev–Trinajstić information content (AvgIpc) is 2.35. The van der Waals surface area contributed by atoms with Gasteiger partial charge in [-0.1, -0.05) is 30.2 Å². The molecule has 0 radical (unpaired) electrons. The monoisotopic (exact) mass is 295 g/mol. The number of rotatable bonds is 5. The maximum atomic E-state index is 12.4. The van der Waals surface area contributed by atoms with E-state index in [1.807, 2.05) is 18.2 Å². The van der Waals surface area contributed by atoms with Gasteiger partial charge < -0.3 is 10.1 Å². The molecule has 1 fully saturated rings. The summed E-state index contributed by atoms with van der Waals surface area (Å²) < 4.78 is 4.81. The van der Waals surface area contributed by atoms with Crippen LogP contribution in [0.25, 0.3) is 0 Å². The number of benzene rings is 1. The number of halogens is 1. The molecule has 0 heterocycles. The molecule has 0 saturated heterocycles. The van der Waals surface area contributed by atoms with Crippen molar-refractivity contribution in [2.24, 2.45) is 0 Å². The minimum absolute atomic E-state index is 0.0883. The van der Waals surface area contributed by atoms with Crippen molar-refractivity contribution < 1.29 is 14.3 Å². The molecule has 1 N–H and O–H groups in total. The first-order valence-corrected chi connectivity index (χ1v) is 7.16. The normalized spacial score (nSPS) is 16.1. The van der Waals surface area contributed by atoms with Gasteiger partial charge in [-0.15, -0.1) is 0 Å². The summed E-state index contributed by atoms with van der Waals surface area (Å²) in [6.07, 6.45) is 2.56. The molecular weight excluding hydrogens is 278 g/mol. The van der Waals surface area contributed by atoms with E-state index in [4.69, 9.17) is 16.3 Å². The lowest BCUT2D eigenvalue weighted by atomic mass is 9.64. The van der Waals surface area contributed by atoms with E-state index in [9.17, 15) is 9.59 Å². The number of amides is 1. The van der Waals surface area contributed by atoms with Crippen LogP contribution in [0, 0.1) is 0 Å². The van der Waals surface area contributed by atoms with E-state index in [-0.39, 0.29) is 12.5 Å². The van der Waals surface area contributed by atoms with E-state index in [1.54, 1.807) is 13.0 Å². The Hall–Kier alpha value is -1.55. The molecule has 1 amide bonds. The number of nitrogens with one attached hydrogen (secondary N) is 1. The van der Waals surface area contributed by atoms with E-state index in [0.29, 0.717) is 11.6 Å². The van der Waals surface area contributed by atoms with Crippen molar-refractivity contribution in [3.05, 3.63) is 34.9 Å². The molecule has 20 heavy (non-hydrogen) atoms. The van der Waals surface area contributed by atoms with Gasteiger partial charge in [0.2, 0.25) is 5.91 Å². The van der Waals surface area contributed by atoms with Crippen LogP contribution in [-0.4, -0.2) is 25.0 Å². The van der Waals surface area contributed by atoms with Crippen LogP contribution in [0.2, 0.25) is 5.02 Å². The van der Waals surface area contributed by atoms with Gasteiger partial charge in [0.1, 0.15) is 6.54 Å². The predicted molar refractivity (Wildman–Crippen MR) is 76.6 cm³/mol. The van der Waals surface area contributed by atoms with E-state index in [2.05, 4.69) is 5.32 Å². The Morgan fingerprint density at radius 3 is 2.70 bits per heavy atom. The summed E-state index contributed by atoms with van der Waals surface area (Å²) in [6, 6.07) is 7.37. The van der Waals surface area contributed by atoms with E-state index in [1.165, 1.54) is 0 Å². The molecule has 0 unspecified atom stereocenters. The number of hydrogen-bond acceptors (Lipinski definition) is 3. The van der Waals surface area contributed by atoms with Crippen LogP contribution < -0.4 is 5.32 Å². The lowest BCUT2D eigenvalue weighted by Gasteiger charge is -2.40. The molecule has 0 atom stereocenters. The fourth-order valence-corrected chi connectivity index (χ4v) is 2.69. The fourth-order valence-electron chi connectivity index (χ4n) is 2.50. The molecule has 2 rings (SSSR count). The van der Waals surface area contributed by atoms with E-state index >= 15 is 0 Å². The first-order chi connectivity index (χ1) is 9.58. The summed E-state index contributed by atoms with van der Waals surface area (Å²) in [4.78, 5) is 23.7. The zero-order valence-electron chi connectivity index (χ0n) is 11.4. The van der Waals surface area contributed by atoms with Crippen molar-refractivity contribution in [2.75, 3.05) is 13.2 Å². The highest BCUT2D eigenvalue weighted by Crippen LogP contribution is 2.44. The zero-order chi connectivity index (χ0) is 14.6. The van der Waals surface area contributed by atoms with Gasteiger partial charge in [0.05, 0.1) is 12.0 Å². The van der Waals surface area contributed by atoms with Gasteiger partial charge >= 0.3 is 5.97 Å². The Kier molecular flexibility index (Phi) is 4.65. The maximum absolute atomic E-state index is 12.4. The lowest BCUT2D eigenvalue weighted by molar-refractivity contribution is -0.144. The van der Waals surface area contributed by atoms with Crippen LogP contribution in [-0.2, 0) is 19.7 Å². The molecule has 1 aliphatic rings. The van der Waals surface area contributed by atoms with Crippen LogP contribution in [0.3, 0.4) is 0 Å². The van der Waals surface area contributed by atoms with Crippen LogP contribution in [0.1, 0.15) is 31.7 Å². The molecule has 0 aromatic heterocycles. The summed E-state index contributed by atoms with van der Waals surface area (Å²) in [5.74, 6) is -0.541. The largest absolute Gasteiger partial charge is 0.465 e. The zero-order valence-corrected chi connectivity index (χ0v) is 12.2. The minimum Gasteiger partial charge on any atom is -0.465 e. The van der Waals surface area contributed by atoms with Gasteiger partial charge in [0, 0.05) is 5.02 Å². The number of carbonyl (C=O) groups is 2. The average molecular weight is 296 g/mol. The first kappa shape index (κ1) is 14.9. The molecule has 0 aliphatic heterocycles. The Morgan fingerprint density at radius 2 is 2.15 bits per heavy atom. The first-order valence-electron chi connectivity index (χ1n) is 6.78. The van der Waals surface area contributed by atoms with Crippen molar-refractivity contribution in [3.63, 3.8) is 0 Å². The van der Waals surface area contributed by atoms with Crippen LogP contribution in [0.4, 0.5) is 0 Å².